The molecule has 0 aromatic heterocycles. The lowest BCUT2D eigenvalue weighted by molar-refractivity contribution is 0.390. The molecule has 0 aliphatic carbocycles. The maximum Gasteiger partial charge on any atom is 0.241 e. The molecule has 0 aliphatic rings. The second-order valence-electron chi connectivity index (χ2n) is 5.37. The monoisotopic (exact) mass is 312 g/mol. The highest BCUT2D eigenvalue weighted by Gasteiger charge is 2.23. The molecule has 120 valence electrons. The molecule has 0 saturated heterocycles. The van der Waals surface area contributed by atoms with Crippen LogP contribution >= 0.6 is 0 Å². The van der Waals surface area contributed by atoms with Crippen LogP contribution in [0.3, 0.4) is 0 Å². The van der Waals surface area contributed by atoms with Crippen molar-refractivity contribution in [3.63, 3.8) is 0 Å². The minimum Gasteiger partial charge on any atom is -0.313 e. The van der Waals surface area contributed by atoms with Crippen LogP contribution in [0.1, 0.15) is 46.1 Å². The molecule has 0 fully saturated rings. The van der Waals surface area contributed by atoms with Crippen LogP contribution in [0.5, 0.6) is 0 Å². The molecule has 0 bridgehead atoms. The minimum atomic E-state index is -3.48. The van der Waals surface area contributed by atoms with E-state index in [2.05, 4.69) is 23.9 Å². The normalized spacial score (nSPS) is 13.6. The van der Waals surface area contributed by atoms with Gasteiger partial charge in [-0.25, -0.2) is 13.1 Å². The van der Waals surface area contributed by atoms with Gasteiger partial charge in [0.15, 0.2) is 0 Å². The summed E-state index contributed by atoms with van der Waals surface area (Å²) in [5.41, 5.74) is 0.809. The average Bonchev–Trinajstić information content (AvgIpc) is 2.46. The predicted octanol–water partition coefficient (Wildman–Crippen LogP) is 2.90. The Morgan fingerprint density at radius 2 is 1.71 bits per heavy atom. The van der Waals surface area contributed by atoms with Gasteiger partial charge >= 0.3 is 0 Å². The van der Waals surface area contributed by atoms with Gasteiger partial charge in [-0.2, -0.15) is 0 Å². The average molecular weight is 312 g/mol. The number of benzene rings is 1. The maximum atomic E-state index is 12.6. The van der Waals surface area contributed by atoms with E-state index >= 15 is 0 Å². The Bertz CT molecular complexity index is 525. The topological polar surface area (TPSA) is 58.2 Å². The molecule has 1 unspecified atom stereocenters. The van der Waals surface area contributed by atoms with Crippen molar-refractivity contribution >= 4 is 10.0 Å². The van der Waals surface area contributed by atoms with Crippen LogP contribution in [-0.4, -0.2) is 21.0 Å². The molecule has 5 heteroatoms. The van der Waals surface area contributed by atoms with Crippen LogP contribution in [0, 0.1) is 5.92 Å². The van der Waals surface area contributed by atoms with E-state index in [-0.39, 0.29) is 6.04 Å². The van der Waals surface area contributed by atoms with E-state index in [9.17, 15) is 8.42 Å². The van der Waals surface area contributed by atoms with Crippen molar-refractivity contribution in [3.8, 4) is 0 Å². The zero-order valence-corrected chi connectivity index (χ0v) is 14.3. The van der Waals surface area contributed by atoms with Gasteiger partial charge < -0.3 is 5.32 Å². The second kappa shape index (κ2) is 8.51. The van der Waals surface area contributed by atoms with Crippen LogP contribution in [-0.2, 0) is 16.6 Å². The van der Waals surface area contributed by atoms with Crippen LogP contribution in [0.4, 0.5) is 0 Å². The van der Waals surface area contributed by atoms with E-state index in [1.54, 1.807) is 12.1 Å². The molecule has 0 heterocycles. The van der Waals surface area contributed by atoms with E-state index < -0.39 is 10.0 Å². The van der Waals surface area contributed by atoms with Gasteiger partial charge in [-0.1, -0.05) is 51.8 Å². The van der Waals surface area contributed by atoms with Crippen molar-refractivity contribution in [3.05, 3.63) is 29.8 Å². The Kier molecular flexibility index (Phi) is 7.35. The Morgan fingerprint density at radius 1 is 1.10 bits per heavy atom. The zero-order valence-electron chi connectivity index (χ0n) is 13.5. The van der Waals surface area contributed by atoms with Crippen molar-refractivity contribution in [1.29, 1.82) is 0 Å². The standard InChI is InChI=1S/C16H28N2O2S/c1-5-14(6-2)13(4)18-21(19,20)16-11-9-8-10-15(16)12-17-7-3/h8-11,13-14,17-18H,5-7,12H2,1-4H3. The first-order valence-corrected chi connectivity index (χ1v) is 9.25. The Hall–Kier alpha value is -0.910. The summed E-state index contributed by atoms with van der Waals surface area (Å²) in [4.78, 5) is 0.378. The smallest absolute Gasteiger partial charge is 0.241 e. The van der Waals surface area contributed by atoms with Gasteiger partial charge in [0.25, 0.3) is 0 Å². The van der Waals surface area contributed by atoms with Crippen LogP contribution < -0.4 is 10.0 Å². The fraction of sp³-hybridized carbons (Fsp3) is 0.625. The first kappa shape index (κ1) is 18.1. The molecule has 0 amide bonds. The fourth-order valence-electron chi connectivity index (χ4n) is 2.57. The van der Waals surface area contributed by atoms with E-state index in [0.29, 0.717) is 17.4 Å². The lowest BCUT2D eigenvalue weighted by Crippen LogP contribution is -2.38. The lowest BCUT2D eigenvalue weighted by Gasteiger charge is -2.23. The molecular weight excluding hydrogens is 284 g/mol. The summed E-state index contributed by atoms with van der Waals surface area (Å²) in [6, 6.07) is 7.12. The van der Waals surface area contributed by atoms with E-state index in [1.165, 1.54) is 0 Å². The summed E-state index contributed by atoms with van der Waals surface area (Å²) < 4.78 is 28.1. The summed E-state index contributed by atoms with van der Waals surface area (Å²) in [5, 5.41) is 3.18. The van der Waals surface area contributed by atoms with Gasteiger partial charge in [-0.3, -0.25) is 0 Å². The van der Waals surface area contributed by atoms with Gasteiger partial charge in [0.1, 0.15) is 0 Å². The lowest BCUT2D eigenvalue weighted by atomic mass is 9.96. The van der Waals surface area contributed by atoms with Gasteiger partial charge in [0, 0.05) is 12.6 Å². The molecule has 1 atom stereocenters. The maximum absolute atomic E-state index is 12.6. The Labute approximate surface area is 129 Å². The molecule has 0 saturated carbocycles. The highest BCUT2D eigenvalue weighted by atomic mass is 32.2. The fourth-order valence-corrected chi connectivity index (χ4v) is 4.12. The third kappa shape index (κ3) is 5.09. The summed E-state index contributed by atoms with van der Waals surface area (Å²) in [5.74, 6) is 0.362. The molecule has 2 N–H and O–H groups in total. The van der Waals surface area contributed by atoms with Gasteiger partial charge in [0.2, 0.25) is 10.0 Å². The number of hydrogen-bond acceptors (Lipinski definition) is 3. The van der Waals surface area contributed by atoms with E-state index in [4.69, 9.17) is 0 Å². The van der Waals surface area contributed by atoms with Gasteiger partial charge in [-0.15, -0.1) is 0 Å². The molecule has 21 heavy (non-hydrogen) atoms. The first-order valence-electron chi connectivity index (χ1n) is 7.77. The van der Waals surface area contributed by atoms with E-state index in [1.807, 2.05) is 26.0 Å². The molecule has 1 rings (SSSR count). The van der Waals surface area contributed by atoms with Crippen LogP contribution in [0.15, 0.2) is 29.2 Å². The van der Waals surface area contributed by atoms with Crippen molar-refractivity contribution in [2.45, 2.75) is 58.0 Å². The van der Waals surface area contributed by atoms with Crippen molar-refractivity contribution in [2.75, 3.05) is 6.54 Å². The molecule has 0 aliphatic heterocycles. The van der Waals surface area contributed by atoms with Crippen LogP contribution in [0.25, 0.3) is 0 Å². The predicted molar refractivity (Wildman–Crippen MR) is 87.7 cm³/mol. The summed E-state index contributed by atoms with van der Waals surface area (Å²) in [6.45, 7) is 9.52. The third-order valence-electron chi connectivity index (χ3n) is 3.92. The summed E-state index contributed by atoms with van der Waals surface area (Å²) >= 11 is 0. The van der Waals surface area contributed by atoms with E-state index in [0.717, 1.165) is 24.9 Å². The number of rotatable bonds is 9. The first-order chi connectivity index (χ1) is 9.96. The molecular formula is C16H28N2O2S. The Balaban J connectivity index is 2.97. The van der Waals surface area contributed by atoms with Crippen molar-refractivity contribution in [1.82, 2.24) is 10.0 Å². The zero-order chi connectivity index (χ0) is 15.9. The number of hydrogen-bond donors (Lipinski definition) is 2. The van der Waals surface area contributed by atoms with Crippen LogP contribution in [0.2, 0.25) is 0 Å². The SMILES string of the molecule is CCNCc1ccccc1S(=O)(=O)NC(C)C(CC)CC. The molecule has 1 aromatic carbocycles. The highest BCUT2D eigenvalue weighted by Crippen LogP contribution is 2.19. The van der Waals surface area contributed by atoms with Crippen molar-refractivity contribution < 1.29 is 8.42 Å². The quantitative estimate of drug-likeness (QED) is 0.737. The van der Waals surface area contributed by atoms with Gasteiger partial charge in [-0.05, 0) is 31.0 Å². The molecule has 0 spiro atoms. The highest BCUT2D eigenvalue weighted by molar-refractivity contribution is 7.89. The Morgan fingerprint density at radius 3 is 2.29 bits per heavy atom. The summed E-state index contributed by atoms with van der Waals surface area (Å²) in [7, 11) is -3.48. The summed E-state index contributed by atoms with van der Waals surface area (Å²) in [6.07, 6.45) is 1.94. The molecule has 0 radical (unpaired) electrons. The van der Waals surface area contributed by atoms with Gasteiger partial charge in [0.05, 0.1) is 4.90 Å². The molecule has 1 aromatic rings. The molecule has 4 nitrogen and oxygen atoms in total. The number of nitrogens with one attached hydrogen (secondary N) is 2. The third-order valence-corrected chi connectivity index (χ3v) is 5.58. The second-order valence-corrected chi connectivity index (χ2v) is 7.06. The minimum absolute atomic E-state index is 0.0582. The largest absolute Gasteiger partial charge is 0.313 e. The number of sulfonamides is 1. The van der Waals surface area contributed by atoms with Crippen molar-refractivity contribution in [2.24, 2.45) is 5.92 Å².